The zero-order valence-electron chi connectivity index (χ0n) is 12.6. The van der Waals surface area contributed by atoms with Crippen molar-refractivity contribution < 1.29 is 5.11 Å². The van der Waals surface area contributed by atoms with Crippen LogP contribution in [0.1, 0.15) is 44.9 Å². The predicted molar refractivity (Wildman–Crippen MR) is 80.0 cm³/mol. The Bertz CT molecular complexity index is 487. The predicted octanol–water partition coefficient (Wildman–Crippen LogP) is 2.08. The number of nitrogens with zero attached hydrogens (tertiary/aromatic N) is 4. The van der Waals surface area contributed by atoms with Crippen LogP contribution in [0.25, 0.3) is 0 Å². The summed E-state index contributed by atoms with van der Waals surface area (Å²) in [6, 6.07) is 0.626. The maximum absolute atomic E-state index is 10.6. The topological polar surface area (TPSA) is 52.5 Å². The minimum atomic E-state index is -0.487. The maximum atomic E-state index is 10.6. The fourth-order valence-electron chi connectivity index (χ4n) is 3.63. The smallest absolute Gasteiger partial charge is 0.156 e. The Labute approximate surface area is 120 Å². The van der Waals surface area contributed by atoms with E-state index in [1.54, 1.807) is 0 Å². The molecule has 0 amide bonds. The number of likely N-dealkylation sites (N-methyl/N-ethyl adjacent to an activating group) is 1. The van der Waals surface area contributed by atoms with Gasteiger partial charge in [0, 0.05) is 13.1 Å². The van der Waals surface area contributed by atoms with Crippen LogP contribution in [0.15, 0.2) is 6.20 Å². The Morgan fingerprint density at radius 2 is 2.05 bits per heavy atom. The Balaban J connectivity index is 2.08. The first-order valence-corrected chi connectivity index (χ1v) is 7.66. The van der Waals surface area contributed by atoms with E-state index in [0.29, 0.717) is 6.04 Å². The third kappa shape index (κ3) is 2.04. The Morgan fingerprint density at radius 1 is 1.35 bits per heavy atom. The van der Waals surface area contributed by atoms with Gasteiger partial charge in [-0.2, -0.15) is 0 Å². The van der Waals surface area contributed by atoms with Gasteiger partial charge in [-0.3, -0.25) is 0 Å². The molecule has 0 bridgehead atoms. The molecule has 1 aromatic heterocycles. The van der Waals surface area contributed by atoms with Crippen LogP contribution in [-0.2, 0) is 0 Å². The van der Waals surface area contributed by atoms with Crippen LogP contribution in [0.2, 0.25) is 0 Å². The first-order valence-electron chi connectivity index (χ1n) is 7.66. The van der Waals surface area contributed by atoms with E-state index >= 15 is 0 Å². The monoisotopic (exact) mass is 276 g/mol. The van der Waals surface area contributed by atoms with Crippen molar-refractivity contribution in [2.75, 3.05) is 16.8 Å². The largest absolute Gasteiger partial charge is 0.371 e. The average molecular weight is 276 g/mol. The lowest BCUT2D eigenvalue weighted by Gasteiger charge is -2.48. The van der Waals surface area contributed by atoms with Crippen LogP contribution in [0, 0.1) is 6.92 Å². The highest BCUT2D eigenvalue weighted by atomic mass is 16.3. The minimum Gasteiger partial charge on any atom is -0.371 e. The Kier molecular flexibility index (Phi) is 3.54. The van der Waals surface area contributed by atoms with Gasteiger partial charge in [-0.15, -0.1) is 0 Å². The molecule has 0 radical (unpaired) electrons. The van der Waals surface area contributed by atoms with Gasteiger partial charge in [-0.1, -0.05) is 19.8 Å². The average Bonchev–Trinajstić information content (AvgIpc) is 2.96. The number of aryl methyl sites for hydroxylation is 1. The molecule has 20 heavy (non-hydrogen) atoms. The quantitative estimate of drug-likeness (QED) is 0.896. The molecule has 1 N–H and O–H groups in total. The van der Waals surface area contributed by atoms with Gasteiger partial charge >= 0.3 is 0 Å². The second-order valence-electron chi connectivity index (χ2n) is 5.97. The fraction of sp³-hybridized carbons (Fsp3) is 0.733. The summed E-state index contributed by atoms with van der Waals surface area (Å²) in [5.74, 6) is 1.80. The van der Waals surface area contributed by atoms with Gasteiger partial charge in [0.15, 0.2) is 5.82 Å². The zero-order valence-corrected chi connectivity index (χ0v) is 12.6. The molecule has 3 rings (SSSR count). The molecule has 2 atom stereocenters. The van der Waals surface area contributed by atoms with Gasteiger partial charge in [-0.25, -0.2) is 9.97 Å². The third-order valence-electron chi connectivity index (χ3n) is 4.73. The van der Waals surface area contributed by atoms with Crippen molar-refractivity contribution >= 4 is 11.5 Å². The highest BCUT2D eigenvalue weighted by Crippen LogP contribution is 2.40. The number of aliphatic hydroxyl groups is 1. The van der Waals surface area contributed by atoms with Gasteiger partial charge in [0.25, 0.3) is 0 Å². The van der Waals surface area contributed by atoms with E-state index in [9.17, 15) is 5.11 Å². The lowest BCUT2D eigenvalue weighted by molar-refractivity contribution is 0.127. The summed E-state index contributed by atoms with van der Waals surface area (Å²) in [4.78, 5) is 13.3. The molecule has 1 aliphatic carbocycles. The van der Waals surface area contributed by atoms with Crippen LogP contribution in [0.5, 0.6) is 0 Å². The molecule has 2 aliphatic rings. The normalized spacial score (nSPS) is 27.0. The summed E-state index contributed by atoms with van der Waals surface area (Å²) in [5.41, 5.74) is 0.944. The molecule has 0 spiro atoms. The third-order valence-corrected chi connectivity index (χ3v) is 4.73. The SMILES string of the molecule is CCC1C(O)N(C)c2cnc(C)nc2N1C1CCCC1. The summed E-state index contributed by atoms with van der Waals surface area (Å²) in [7, 11) is 1.93. The molecular formula is C15H24N4O. The van der Waals surface area contributed by atoms with E-state index < -0.39 is 6.23 Å². The standard InChI is InChI=1S/C15H24N4O/c1-4-12-15(20)18(3)13-9-16-10(2)17-14(13)19(12)11-7-5-6-8-11/h9,11-12,15,20H,4-8H2,1-3H3. The van der Waals surface area contributed by atoms with Crippen molar-refractivity contribution in [1.82, 2.24) is 9.97 Å². The fourth-order valence-corrected chi connectivity index (χ4v) is 3.63. The lowest BCUT2D eigenvalue weighted by Crippen LogP contribution is -2.58. The Hall–Kier alpha value is -1.36. The van der Waals surface area contributed by atoms with Crippen molar-refractivity contribution in [3.8, 4) is 0 Å². The summed E-state index contributed by atoms with van der Waals surface area (Å²) < 4.78 is 0. The van der Waals surface area contributed by atoms with Crippen LogP contribution < -0.4 is 9.80 Å². The lowest BCUT2D eigenvalue weighted by atomic mass is 10.0. The molecule has 5 nitrogen and oxygen atoms in total. The zero-order chi connectivity index (χ0) is 14.3. The number of fused-ring (bicyclic) bond motifs is 1. The van der Waals surface area contributed by atoms with Crippen molar-refractivity contribution in [1.29, 1.82) is 0 Å². The number of hydrogen-bond acceptors (Lipinski definition) is 5. The van der Waals surface area contributed by atoms with Crippen LogP contribution in [0.3, 0.4) is 0 Å². The summed E-state index contributed by atoms with van der Waals surface area (Å²) in [5, 5.41) is 10.6. The highest BCUT2D eigenvalue weighted by molar-refractivity contribution is 5.70. The van der Waals surface area contributed by atoms with Gasteiger partial charge in [-0.05, 0) is 26.2 Å². The van der Waals surface area contributed by atoms with E-state index in [-0.39, 0.29) is 6.04 Å². The van der Waals surface area contributed by atoms with Crippen molar-refractivity contribution in [3.63, 3.8) is 0 Å². The minimum absolute atomic E-state index is 0.116. The molecule has 5 heteroatoms. The number of aromatic nitrogens is 2. The van der Waals surface area contributed by atoms with Gasteiger partial charge in [0.2, 0.25) is 0 Å². The Morgan fingerprint density at radius 3 is 2.70 bits per heavy atom. The highest BCUT2D eigenvalue weighted by Gasteiger charge is 2.40. The summed E-state index contributed by atoms with van der Waals surface area (Å²) >= 11 is 0. The number of anilines is 2. The van der Waals surface area contributed by atoms with Crippen molar-refractivity contribution in [2.45, 2.75) is 64.3 Å². The van der Waals surface area contributed by atoms with Gasteiger partial charge in [0.1, 0.15) is 17.7 Å². The van der Waals surface area contributed by atoms with E-state index in [1.165, 1.54) is 25.7 Å². The van der Waals surface area contributed by atoms with E-state index in [0.717, 1.165) is 23.8 Å². The second kappa shape index (κ2) is 5.20. The molecule has 0 saturated heterocycles. The molecule has 110 valence electrons. The van der Waals surface area contributed by atoms with Gasteiger partial charge < -0.3 is 14.9 Å². The molecule has 0 aromatic carbocycles. The second-order valence-corrected chi connectivity index (χ2v) is 5.97. The van der Waals surface area contributed by atoms with Crippen molar-refractivity contribution in [2.24, 2.45) is 0 Å². The molecule has 2 unspecified atom stereocenters. The van der Waals surface area contributed by atoms with Crippen LogP contribution in [-0.4, -0.2) is 40.4 Å². The molecule has 2 heterocycles. The van der Waals surface area contributed by atoms with Crippen LogP contribution in [0.4, 0.5) is 11.5 Å². The van der Waals surface area contributed by atoms with E-state index in [1.807, 2.05) is 25.1 Å². The first-order chi connectivity index (χ1) is 9.63. The van der Waals surface area contributed by atoms with E-state index in [4.69, 9.17) is 0 Å². The van der Waals surface area contributed by atoms with E-state index in [2.05, 4.69) is 21.8 Å². The molecule has 1 saturated carbocycles. The first kappa shape index (κ1) is 13.6. The summed E-state index contributed by atoms with van der Waals surface area (Å²) in [6.45, 7) is 4.07. The van der Waals surface area contributed by atoms with Crippen molar-refractivity contribution in [3.05, 3.63) is 12.0 Å². The number of rotatable bonds is 2. The molecular weight excluding hydrogens is 252 g/mol. The molecule has 1 aromatic rings. The number of hydrogen-bond donors (Lipinski definition) is 1. The molecule has 1 aliphatic heterocycles. The summed E-state index contributed by atoms with van der Waals surface area (Å²) in [6.07, 6.45) is 7.25. The maximum Gasteiger partial charge on any atom is 0.156 e. The van der Waals surface area contributed by atoms with Gasteiger partial charge in [0.05, 0.1) is 12.2 Å². The molecule has 1 fully saturated rings. The van der Waals surface area contributed by atoms with Crippen LogP contribution >= 0.6 is 0 Å². The number of aliphatic hydroxyl groups excluding tert-OH is 1.